The zero-order valence-corrected chi connectivity index (χ0v) is 11.3. The van der Waals surface area contributed by atoms with Crippen molar-refractivity contribution in [3.8, 4) is 0 Å². The maximum atomic E-state index is 4.64. The quantitative estimate of drug-likeness (QED) is 0.912. The molecule has 1 aliphatic rings. The molecule has 1 N–H and O–H groups in total. The molecular weight excluding hydrogens is 236 g/mol. The maximum Gasteiger partial charge on any atom is 0.225 e. The largest absolute Gasteiger partial charge is 0.344 e. The second-order valence-electron chi connectivity index (χ2n) is 5.32. The first-order chi connectivity index (χ1) is 9.33. The SMILES string of the molecule is CN(CC1CCCNC1)c1ncc2ccccc2n1. The first kappa shape index (κ1) is 12.4. The Bertz CT molecular complexity index is 549. The highest BCUT2D eigenvalue weighted by Gasteiger charge is 2.16. The number of para-hydroxylation sites is 1. The van der Waals surface area contributed by atoms with E-state index < -0.39 is 0 Å². The van der Waals surface area contributed by atoms with Crippen molar-refractivity contribution in [2.75, 3.05) is 31.6 Å². The predicted molar refractivity (Wildman–Crippen MR) is 78.4 cm³/mol. The Morgan fingerprint density at radius 3 is 3.11 bits per heavy atom. The Morgan fingerprint density at radius 2 is 2.26 bits per heavy atom. The molecule has 0 amide bonds. The van der Waals surface area contributed by atoms with Crippen LogP contribution < -0.4 is 10.2 Å². The normalized spacial score (nSPS) is 19.5. The van der Waals surface area contributed by atoms with Crippen molar-refractivity contribution in [3.05, 3.63) is 30.5 Å². The van der Waals surface area contributed by atoms with Gasteiger partial charge in [-0.1, -0.05) is 18.2 Å². The third kappa shape index (κ3) is 2.84. The molecule has 0 aliphatic carbocycles. The third-order valence-corrected chi connectivity index (χ3v) is 3.75. The average Bonchev–Trinajstić information content (AvgIpc) is 2.48. The van der Waals surface area contributed by atoms with Crippen molar-refractivity contribution in [2.45, 2.75) is 12.8 Å². The zero-order chi connectivity index (χ0) is 13.1. The number of hydrogen-bond acceptors (Lipinski definition) is 4. The lowest BCUT2D eigenvalue weighted by Crippen LogP contribution is -2.37. The zero-order valence-electron chi connectivity index (χ0n) is 11.3. The number of nitrogens with one attached hydrogen (secondary N) is 1. The molecular formula is C15H20N4. The average molecular weight is 256 g/mol. The first-order valence-corrected chi connectivity index (χ1v) is 6.96. The molecule has 0 spiro atoms. The summed E-state index contributed by atoms with van der Waals surface area (Å²) in [5.41, 5.74) is 1.01. The van der Waals surface area contributed by atoms with Gasteiger partial charge >= 0.3 is 0 Å². The summed E-state index contributed by atoms with van der Waals surface area (Å²) >= 11 is 0. The van der Waals surface area contributed by atoms with Crippen LogP contribution >= 0.6 is 0 Å². The number of hydrogen-bond donors (Lipinski definition) is 1. The van der Waals surface area contributed by atoms with E-state index in [0.29, 0.717) is 5.92 Å². The molecule has 1 saturated heterocycles. The van der Waals surface area contributed by atoms with Crippen LogP contribution in [0.1, 0.15) is 12.8 Å². The van der Waals surface area contributed by atoms with Gasteiger partial charge in [0.25, 0.3) is 0 Å². The van der Waals surface area contributed by atoms with Crippen molar-refractivity contribution in [1.82, 2.24) is 15.3 Å². The number of benzene rings is 1. The molecule has 2 aromatic rings. The molecule has 0 radical (unpaired) electrons. The Hall–Kier alpha value is -1.68. The van der Waals surface area contributed by atoms with E-state index in [-0.39, 0.29) is 0 Å². The van der Waals surface area contributed by atoms with Crippen LogP contribution in [0.15, 0.2) is 30.5 Å². The van der Waals surface area contributed by atoms with Crippen molar-refractivity contribution < 1.29 is 0 Å². The molecule has 19 heavy (non-hydrogen) atoms. The summed E-state index contributed by atoms with van der Waals surface area (Å²) < 4.78 is 0. The second-order valence-corrected chi connectivity index (χ2v) is 5.32. The fraction of sp³-hybridized carbons (Fsp3) is 0.467. The fourth-order valence-electron chi connectivity index (χ4n) is 2.70. The molecule has 1 fully saturated rings. The summed E-state index contributed by atoms with van der Waals surface area (Å²) in [6.45, 7) is 3.29. The molecule has 1 aliphatic heterocycles. The van der Waals surface area contributed by atoms with E-state index in [1.165, 1.54) is 12.8 Å². The van der Waals surface area contributed by atoms with Gasteiger partial charge in [0.2, 0.25) is 5.95 Å². The smallest absolute Gasteiger partial charge is 0.225 e. The fourth-order valence-corrected chi connectivity index (χ4v) is 2.70. The van der Waals surface area contributed by atoms with E-state index in [1.807, 2.05) is 30.5 Å². The van der Waals surface area contributed by atoms with Crippen LogP contribution in [0.25, 0.3) is 10.9 Å². The van der Waals surface area contributed by atoms with Gasteiger partial charge in [0.1, 0.15) is 0 Å². The highest BCUT2D eigenvalue weighted by molar-refractivity contribution is 5.78. The number of piperidine rings is 1. The number of anilines is 1. The van der Waals surface area contributed by atoms with Crippen LogP contribution in [0.3, 0.4) is 0 Å². The van der Waals surface area contributed by atoms with Crippen LogP contribution in [0.2, 0.25) is 0 Å². The standard InChI is InChI=1S/C15H20N4/c1-19(11-12-5-4-8-16-9-12)15-17-10-13-6-2-3-7-14(13)18-15/h2-3,6-7,10,12,16H,4-5,8-9,11H2,1H3. The molecule has 4 heteroatoms. The summed E-state index contributed by atoms with van der Waals surface area (Å²) in [7, 11) is 2.08. The summed E-state index contributed by atoms with van der Waals surface area (Å²) in [6, 6.07) is 8.12. The Morgan fingerprint density at radius 1 is 1.37 bits per heavy atom. The van der Waals surface area contributed by atoms with Crippen LogP contribution in [0, 0.1) is 5.92 Å². The van der Waals surface area contributed by atoms with Gasteiger partial charge in [-0.25, -0.2) is 9.97 Å². The van der Waals surface area contributed by atoms with Gasteiger partial charge in [0.05, 0.1) is 5.52 Å². The molecule has 1 unspecified atom stereocenters. The Labute approximate surface area is 113 Å². The summed E-state index contributed by atoms with van der Waals surface area (Å²) in [6.07, 6.45) is 4.48. The molecule has 0 bridgehead atoms. The lowest BCUT2D eigenvalue weighted by atomic mass is 9.99. The van der Waals surface area contributed by atoms with E-state index >= 15 is 0 Å². The van der Waals surface area contributed by atoms with E-state index in [0.717, 1.165) is 36.5 Å². The molecule has 1 aromatic carbocycles. The Kier molecular flexibility index (Phi) is 3.60. The summed E-state index contributed by atoms with van der Waals surface area (Å²) in [4.78, 5) is 11.3. The monoisotopic (exact) mass is 256 g/mol. The van der Waals surface area contributed by atoms with Crippen molar-refractivity contribution >= 4 is 16.9 Å². The van der Waals surface area contributed by atoms with Crippen molar-refractivity contribution in [1.29, 1.82) is 0 Å². The number of nitrogens with zero attached hydrogens (tertiary/aromatic N) is 3. The predicted octanol–water partition coefficient (Wildman–Crippen LogP) is 2.07. The number of rotatable bonds is 3. The highest BCUT2D eigenvalue weighted by Crippen LogP contribution is 2.17. The molecule has 1 aromatic heterocycles. The van der Waals surface area contributed by atoms with Gasteiger partial charge in [0.15, 0.2) is 0 Å². The lowest BCUT2D eigenvalue weighted by molar-refractivity contribution is 0.380. The maximum absolute atomic E-state index is 4.64. The summed E-state index contributed by atoms with van der Waals surface area (Å²) in [5.74, 6) is 1.53. The molecule has 1 atom stereocenters. The number of aromatic nitrogens is 2. The van der Waals surface area contributed by atoms with Gasteiger partial charge in [-0.2, -0.15) is 0 Å². The van der Waals surface area contributed by atoms with E-state index in [1.54, 1.807) is 0 Å². The van der Waals surface area contributed by atoms with E-state index in [4.69, 9.17) is 0 Å². The minimum absolute atomic E-state index is 0.703. The van der Waals surface area contributed by atoms with Gasteiger partial charge < -0.3 is 10.2 Å². The van der Waals surface area contributed by atoms with Gasteiger partial charge in [-0.15, -0.1) is 0 Å². The first-order valence-electron chi connectivity index (χ1n) is 6.96. The molecule has 3 rings (SSSR count). The molecule has 4 nitrogen and oxygen atoms in total. The van der Waals surface area contributed by atoms with Crippen molar-refractivity contribution in [2.24, 2.45) is 5.92 Å². The molecule has 2 heterocycles. The molecule has 0 saturated carbocycles. The van der Waals surface area contributed by atoms with Crippen LogP contribution in [-0.4, -0.2) is 36.6 Å². The van der Waals surface area contributed by atoms with Crippen LogP contribution in [-0.2, 0) is 0 Å². The van der Waals surface area contributed by atoms with Gasteiger partial charge in [0, 0.05) is 25.2 Å². The minimum Gasteiger partial charge on any atom is -0.344 e. The molecule has 100 valence electrons. The van der Waals surface area contributed by atoms with Crippen molar-refractivity contribution in [3.63, 3.8) is 0 Å². The summed E-state index contributed by atoms with van der Waals surface area (Å²) in [5, 5.41) is 4.55. The minimum atomic E-state index is 0.703. The Balaban J connectivity index is 1.75. The van der Waals surface area contributed by atoms with Crippen LogP contribution in [0.5, 0.6) is 0 Å². The van der Waals surface area contributed by atoms with Gasteiger partial charge in [-0.05, 0) is 37.9 Å². The van der Waals surface area contributed by atoms with Gasteiger partial charge in [-0.3, -0.25) is 0 Å². The van der Waals surface area contributed by atoms with E-state index in [2.05, 4.69) is 27.2 Å². The topological polar surface area (TPSA) is 41.0 Å². The van der Waals surface area contributed by atoms with Crippen LogP contribution in [0.4, 0.5) is 5.95 Å². The van der Waals surface area contributed by atoms with E-state index in [9.17, 15) is 0 Å². The number of fused-ring (bicyclic) bond motifs is 1. The second kappa shape index (κ2) is 5.53. The highest BCUT2D eigenvalue weighted by atomic mass is 15.2. The lowest BCUT2D eigenvalue weighted by Gasteiger charge is -2.27. The third-order valence-electron chi connectivity index (χ3n) is 3.75.